The minimum Gasteiger partial charge on any atom is -0.455 e. The molecule has 51 heavy (non-hydrogen) atoms. The second-order valence-electron chi connectivity index (χ2n) is 13.2. The van der Waals surface area contributed by atoms with E-state index in [1.165, 1.54) is 64.2 Å². The highest BCUT2D eigenvalue weighted by molar-refractivity contribution is 7.26. The van der Waals surface area contributed by atoms with Gasteiger partial charge in [0.15, 0.2) is 0 Å². The van der Waals surface area contributed by atoms with Crippen molar-refractivity contribution in [3.05, 3.63) is 176 Å². The van der Waals surface area contributed by atoms with Gasteiger partial charge in [-0.1, -0.05) is 140 Å². The molecule has 0 aliphatic carbocycles. The molecule has 0 saturated carbocycles. The van der Waals surface area contributed by atoms with Gasteiger partial charge in [0.2, 0.25) is 0 Å². The van der Waals surface area contributed by atoms with E-state index in [9.17, 15) is 0 Å². The van der Waals surface area contributed by atoms with Crippen molar-refractivity contribution in [3.8, 4) is 39.1 Å². The van der Waals surface area contributed by atoms with E-state index in [4.69, 9.17) is 4.42 Å². The molecule has 0 saturated heterocycles. The smallest absolute Gasteiger partial charge is 0.143 e. The first-order chi connectivity index (χ1) is 25.3. The number of furan rings is 1. The van der Waals surface area contributed by atoms with E-state index in [0.717, 1.165) is 38.8 Å². The van der Waals surface area contributed by atoms with Crippen LogP contribution in [0.3, 0.4) is 0 Å². The molecule has 0 spiro atoms. The molecule has 0 bridgehead atoms. The largest absolute Gasteiger partial charge is 0.455 e. The maximum atomic E-state index is 6.46. The van der Waals surface area contributed by atoms with Crippen molar-refractivity contribution in [2.24, 2.45) is 0 Å². The molecule has 238 valence electrons. The lowest BCUT2D eigenvalue weighted by Crippen LogP contribution is -1.98. The van der Waals surface area contributed by atoms with Gasteiger partial charge in [0.1, 0.15) is 11.2 Å². The Balaban J connectivity index is 1.13. The zero-order valence-corrected chi connectivity index (χ0v) is 28.3. The zero-order valence-electron chi connectivity index (χ0n) is 27.5. The molecular formula is C48H29NOS. The van der Waals surface area contributed by atoms with Gasteiger partial charge in [0.25, 0.3) is 0 Å². The SMILES string of the molecule is c1ccc(-c2cccc3c2sc2ccccc23)c(-c2ccccc2-n2c3ccccc3c3cc(-c4cccc5c4oc4ccccc45)ccc32)c1. The van der Waals surface area contributed by atoms with Gasteiger partial charge in [0, 0.05) is 58.4 Å². The summed E-state index contributed by atoms with van der Waals surface area (Å²) in [5, 5.41) is 7.36. The lowest BCUT2D eigenvalue weighted by Gasteiger charge is -2.17. The molecule has 0 fully saturated rings. The number of fused-ring (bicyclic) bond motifs is 9. The number of hydrogen-bond donors (Lipinski definition) is 0. The summed E-state index contributed by atoms with van der Waals surface area (Å²) >= 11 is 1.88. The molecule has 3 aromatic heterocycles. The van der Waals surface area contributed by atoms with Gasteiger partial charge in [0.05, 0.1) is 16.7 Å². The summed E-state index contributed by atoms with van der Waals surface area (Å²) in [7, 11) is 0. The maximum Gasteiger partial charge on any atom is 0.143 e. The van der Waals surface area contributed by atoms with Crippen molar-refractivity contribution < 1.29 is 4.42 Å². The van der Waals surface area contributed by atoms with Gasteiger partial charge < -0.3 is 8.98 Å². The molecule has 11 rings (SSSR count). The summed E-state index contributed by atoms with van der Waals surface area (Å²) < 4.78 is 11.6. The third kappa shape index (κ3) is 4.22. The van der Waals surface area contributed by atoms with Crippen LogP contribution in [0.1, 0.15) is 0 Å². The molecule has 0 aliphatic rings. The number of para-hydroxylation sites is 4. The fourth-order valence-electron chi connectivity index (χ4n) is 8.18. The number of benzene rings is 8. The van der Waals surface area contributed by atoms with Crippen LogP contribution in [0.2, 0.25) is 0 Å². The first-order valence-electron chi connectivity index (χ1n) is 17.4. The van der Waals surface area contributed by atoms with Gasteiger partial charge in [-0.25, -0.2) is 0 Å². The molecule has 3 heterocycles. The highest BCUT2D eigenvalue weighted by atomic mass is 32.1. The van der Waals surface area contributed by atoms with Crippen molar-refractivity contribution in [3.63, 3.8) is 0 Å². The summed E-state index contributed by atoms with van der Waals surface area (Å²) in [6, 6.07) is 63.7. The van der Waals surface area contributed by atoms with Crippen LogP contribution in [0.5, 0.6) is 0 Å². The molecule has 0 unspecified atom stereocenters. The first kappa shape index (κ1) is 28.4. The van der Waals surface area contributed by atoms with E-state index in [1.54, 1.807) is 0 Å². The molecule has 11 aromatic rings. The van der Waals surface area contributed by atoms with Crippen molar-refractivity contribution in [2.45, 2.75) is 0 Å². The van der Waals surface area contributed by atoms with Crippen LogP contribution in [0.4, 0.5) is 0 Å². The molecule has 0 atom stereocenters. The van der Waals surface area contributed by atoms with E-state index in [-0.39, 0.29) is 0 Å². The standard InChI is InChI=1S/C48H29NOS/c1-2-14-33(39-21-12-22-40-37-18-6-10-26-46(37)51-48(39)40)32(13-1)34-15-3-7-23-42(34)49-43-24-8-4-16-35(43)41-29-30(27-28-44(41)49)31-19-11-20-38-36-17-5-9-25-45(36)50-47(31)38/h1-29H. The fraction of sp³-hybridized carbons (Fsp3) is 0. The summed E-state index contributed by atoms with van der Waals surface area (Å²) in [5.74, 6) is 0. The molecule has 8 aromatic carbocycles. The fourth-order valence-corrected chi connectivity index (χ4v) is 9.41. The number of rotatable bonds is 4. The Kier molecular flexibility index (Phi) is 6.16. The van der Waals surface area contributed by atoms with Crippen molar-refractivity contribution in [2.75, 3.05) is 0 Å². The predicted molar refractivity (Wildman–Crippen MR) is 217 cm³/mol. The minimum atomic E-state index is 0.915. The second kappa shape index (κ2) is 11.0. The Labute approximate surface area is 298 Å². The van der Waals surface area contributed by atoms with Gasteiger partial charge in [-0.15, -0.1) is 11.3 Å². The molecular weight excluding hydrogens is 639 g/mol. The number of thiophene rings is 1. The van der Waals surface area contributed by atoms with Crippen molar-refractivity contribution in [1.82, 2.24) is 4.57 Å². The summed E-state index contributed by atoms with van der Waals surface area (Å²) in [6.45, 7) is 0. The monoisotopic (exact) mass is 667 g/mol. The number of nitrogens with zero attached hydrogens (tertiary/aromatic N) is 1. The third-order valence-corrected chi connectivity index (χ3v) is 11.7. The van der Waals surface area contributed by atoms with Crippen LogP contribution in [0.25, 0.3) is 103 Å². The average Bonchev–Trinajstić information content (AvgIpc) is 3.87. The van der Waals surface area contributed by atoms with E-state index in [0.29, 0.717) is 0 Å². The quantitative estimate of drug-likeness (QED) is 0.183. The van der Waals surface area contributed by atoms with E-state index in [1.807, 2.05) is 17.4 Å². The minimum absolute atomic E-state index is 0.915. The topological polar surface area (TPSA) is 18.1 Å². The Morgan fingerprint density at radius 1 is 0.392 bits per heavy atom. The molecule has 3 heteroatoms. The predicted octanol–water partition coefficient (Wildman–Crippen LogP) is 14.1. The number of hydrogen-bond acceptors (Lipinski definition) is 2. The van der Waals surface area contributed by atoms with Gasteiger partial charge >= 0.3 is 0 Å². The molecule has 0 aliphatic heterocycles. The average molecular weight is 668 g/mol. The highest BCUT2D eigenvalue weighted by Gasteiger charge is 2.20. The lowest BCUT2D eigenvalue weighted by molar-refractivity contribution is 0.670. The second-order valence-corrected chi connectivity index (χ2v) is 14.3. The normalized spacial score (nSPS) is 11.9. The Bertz CT molecular complexity index is 3160. The molecule has 2 nitrogen and oxygen atoms in total. The Hall–Kier alpha value is -6.42. The van der Waals surface area contributed by atoms with Gasteiger partial charge in [-0.3, -0.25) is 0 Å². The van der Waals surface area contributed by atoms with Crippen LogP contribution in [0.15, 0.2) is 180 Å². The van der Waals surface area contributed by atoms with Gasteiger partial charge in [-0.2, -0.15) is 0 Å². The Morgan fingerprint density at radius 3 is 1.88 bits per heavy atom. The summed E-state index contributed by atoms with van der Waals surface area (Å²) in [5.41, 5.74) is 12.5. The van der Waals surface area contributed by atoms with Crippen molar-refractivity contribution in [1.29, 1.82) is 0 Å². The van der Waals surface area contributed by atoms with Gasteiger partial charge in [-0.05, 0) is 53.1 Å². The summed E-state index contributed by atoms with van der Waals surface area (Å²) in [6.07, 6.45) is 0. The van der Waals surface area contributed by atoms with Crippen LogP contribution in [-0.4, -0.2) is 4.57 Å². The Morgan fingerprint density at radius 2 is 1.00 bits per heavy atom. The third-order valence-electron chi connectivity index (χ3n) is 10.4. The number of aromatic nitrogens is 1. The first-order valence-corrected chi connectivity index (χ1v) is 18.2. The summed E-state index contributed by atoms with van der Waals surface area (Å²) in [4.78, 5) is 0. The highest BCUT2D eigenvalue weighted by Crippen LogP contribution is 2.45. The van der Waals surface area contributed by atoms with Crippen molar-refractivity contribution >= 4 is 75.3 Å². The zero-order chi connectivity index (χ0) is 33.5. The van der Waals surface area contributed by atoms with Crippen LogP contribution in [0, 0.1) is 0 Å². The molecule has 0 N–H and O–H groups in total. The lowest BCUT2D eigenvalue weighted by atomic mass is 9.92. The van der Waals surface area contributed by atoms with Crippen LogP contribution < -0.4 is 0 Å². The maximum absolute atomic E-state index is 6.46. The van der Waals surface area contributed by atoms with Crippen LogP contribution in [-0.2, 0) is 0 Å². The van der Waals surface area contributed by atoms with E-state index < -0.39 is 0 Å². The van der Waals surface area contributed by atoms with E-state index >= 15 is 0 Å². The molecule has 0 radical (unpaired) electrons. The van der Waals surface area contributed by atoms with E-state index in [2.05, 4.69) is 174 Å². The molecule has 0 amide bonds. The van der Waals surface area contributed by atoms with Crippen LogP contribution >= 0.6 is 11.3 Å².